The maximum Gasteiger partial charge on any atom is 0.419 e. The van der Waals surface area contributed by atoms with Gasteiger partial charge in [-0.25, -0.2) is 4.79 Å². The largest absolute Gasteiger partial charge is 0.493 e. The van der Waals surface area contributed by atoms with Crippen molar-refractivity contribution >= 4 is 11.6 Å². The van der Waals surface area contributed by atoms with Crippen LogP contribution in [0.5, 0.6) is 5.75 Å². The van der Waals surface area contributed by atoms with Gasteiger partial charge in [-0.15, -0.1) is 0 Å². The van der Waals surface area contributed by atoms with Crippen LogP contribution in [0.4, 0.5) is 18.9 Å². The van der Waals surface area contributed by atoms with E-state index in [1.807, 2.05) is 4.98 Å². The molecule has 0 radical (unpaired) electrons. The fourth-order valence-electron chi connectivity index (χ4n) is 2.05. The number of anilines is 1. The van der Waals surface area contributed by atoms with Crippen molar-refractivity contribution in [1.29, 1.82) is 0 Å². The standard InChI is InChI=1S/C15H15F3N4O4/c16-15(17,18)8-4-1-2-5-9(8)26-7-3-6-20-13(24)11-10(19)12(23)22-14(25)21-11/h1-2,4-5H,3,6-7,19H2,(H,20,24)(H2,21,22,23,25). The number of nitrogens with one attached hydrogen (secondary N) is 3. The Kier molecular flexibility index (Phi) is 5.70. The van der Waals surface area contributed by atoms with Gasteiger partial charge < -0.3 is 20.8 Å². The van der Waals surface area contributed by atoms with Crippen LogP contribution in [-0.4, -0.2) is 29.0 Å². The lowest BCUT2D eigenvalue weighted by atomic mass is 10.2. The van der Waals surface area contributed by atoms with Gasteiger partial charge in [0.05, 0.1) is 12.2 Å². The molecule has 1 aromatic heterocycles. The molecule has 0 fully saturated rings. The molecule has 26 heavy (non-hydrogen) atoms. The Balaban J connectivity index is 1.88. The highest BCUT2D eigenvalue weighted by atomic mass is 19.4. The van der Waals surface area contributed by atoms with Crippen LogP contribution < -0.4 is 27.0 Å². The van der Waals surface area contributed by atoms with Crippen molar-refractivity contribution in [1.82, 2.24) is 15.3 Å². The first-order chi connectivity index (χ1) is 12.2. The first-order valence-corrected chi connectivity index (χ1v) is 7.39. The monoisotopic (exact) mass is 372 g/mol. The van der Waals surface area contributed by atoms with Crippen LogP contribution >= 0.6 is 0 Å². The molecule has 0 aliphatic heterocycles. The zero-order valence-corrected chi connectivity index (χ0v) is 13.3. The molecule has 0 bridgehead atoms. The third kappa shape index (κ3) is 4.65. The highest BCUT2D eigenvalue weighted by Crippen LogP contribution is 2.35. The Labute approximate surface area is 144 Å². The van der Waals surface area contributed by atoms with Crippen LogP contribution in [0, 0.1) is 0 Å². The molecule has 11 heteroatoms. The van der Waals surface area contributed by atoms with Crippen molar-refractivity contribution in [3.63, 3.8) is 0 Å². The van der Waals surface area contributed by atoms with Crippen molar-refractivity contribution in [2.24, 2.45) is 0 Å². The summed E-state index contributed by atoms with van der Waals surface area (Å²) in [6.07, 6.45) is -4.35. The molecule has 1 aromatic carbocycles. The van der Waals surface area contributed by atoms with E-state index in [9.17, 15) is 27.6 Å². The van der Waals surface area contributed by atoms with E-state index in [4.69, 9.17) is 10.5 Å². The van der Waals surface area contributed by atoms with E-state index in [-0.39, 0.29) is 31.0 Å². The molecule has 0 spiro atoms. The van der Waals surface area contributed by atoms with Crippen molar-refractivity contribution in [2.45, 2.75) is 12.6 Å². The number of carbonyl (C=O) groups excluding carboxylic acids is 1. The Morgan fingerprint density at radius 1 is 1.19 bits per heavy atom. The van der Waals surface area contributed by atoms with E-state index in [0.717, 1.165) is 6.07 Å². The van der Waals surface area contributed by atoms with Crippen molar-refractivity contribution < 1.29 is 22.7 Å². The molecule has 1 heterocycles. The van der Waals surface area contributed by atoms with Gasteiger partial charge in [-0.1, -0.05) is 12.1 Å². The van der Waals surface area contributed by atoms with Crippen LogP contribution in [0.2, 0.25) is 0 Å². The first-order valence-electron chi connectivity index (χ1n) is 7.39. The van der Waals surface area contributed by atoms with E-state index >= 15 is 0 Å². The summed E-state index contributed by atoms with van der Waals surface area (Å²) in [5, 5.41) is 2.38. The van der Waals surface area contributed by atoms with Gasteiger partial charge in [0.15, 0.2) is 0 Å². The summed E-state index contributed by atoms with van der Waals surface area (Å²) >= 11 is 0. The maximum atomic E-state index is 12.8. The summed E-state index contributed by atoms with van der Waals surface area (Å²) < 4.78 is 43.5. The Hall–Kier alpha value is -3.24. The topological polar surface area (TPSA) is 130 Å². The molecular formula is C15H15F3N4O4. The van der Waals surface area contributed by atoms with Gasteiger partial charge in [0, 0.05) is 6.54 Å². The summed E-state index contributed by atoms with van der Waals surface area (Å²) in [5.41, 5.74) is 1.90. The average Bonchev–Trinajstić information content (AvgIpc) is 2.57. The number of rotatable bonds is 6. The normalized spacial score (nSPS) is 11.2. The van der Waals surface area contributed by atoms with Gasteiger partial charge >= 0.3 is 11.9 Å². The third-order valence-corrected chi connectivity index (χ3v) is 3.26. The molecule has 5 N–H and O–H groups in total. The second-order valence-corrected chi connectivity index (χ2v) is 5.15. The molecule has 1 amide bonds. The number of aromatic nitrogens is 2. The molecule has 0 aliphatic carbocycles. The van der Waals surface area contributed by atoms with Crippen molar-refractivity contribution in [3.8, 4) is 5.75 Å². The van der Waals surface area contributed by atoms with Gasteiger partial charge in [-0.2, -0.15) is 13.2 Å². The number of para-hydroxylation sites is 1. The summed E-state index contributed by atoms with van der Waals surface area (Å²) in [6, 6.07) is 4.77. The summed E-state index contributed by atoms with van der Waals surface area (Å²) in [7, 11) is 0. The minimum absolute atomic E-state index is 0.0291. The van der Waals surface area contributed by atoms with Crippen molar-refractivity contribution in [3.05, 3.63) is 56.4 Å². The van der Waals surface area contributed by atoms with Gasteiger partial charge in [0.2, 0.25) is 0 Å². The molecule has 2 rings (SSSR count). The first kappa shape index (κ1) is 19.1. The van der Waals surface area contributed by atoms with Crippen LogP contribution in [0.1, 0.15) is 22.5 Å². The number of H-pyrrole nitrogens is 2. The van der Waals surface area contributed by atoms with Gasteiger partial charge in [-0.05, 0) is 18.6 Å². The number of ether oxygens (including phenoxy) is 1. The highest BCUT2D eigenvalue weighted by molar-refractivity contribution is 5.96. The predicted molar refractivity (Wildman–Crippen MR) is 86.0 cm³/mol. The summed E-state index contributed by atoms with van der Waals surface area (Å²) in [4.78, 5) is 38.3. The second kappa shape index (κ2) is 7.76. The Morgan fingerprint density at radius 2 is 1.88 bits per heavy atom. The number of hydrogen-bond acceptors (Lipinski definition) is 5. The molecular weight excluding hydrogens is 357 g/mol. The number of aromatic amines is 2. The van der Waals surface area contributed by atoms with E-state index < -0.39 is 34.6 Å². The summed E-state index contributed by atoms with van der Waals surface area (Å²) in [6.45, 7) is -0.0595. The van der Waals surface area contributed by atoms with E-state index in [2.05, 4.69) is 10.3 Å². The number of amides is 1. The quantitative estimate of drug-likeness (QED) is 0.559. The molecule has 0 saturated carbocycles. The number of carbonyl (C=O) groups is 1. The molecule has 140 valence electrons. The van der Waals surface area contributed by atoms with Gasteiger partial charge in [-0.3, -0.25) is 14.6 Å². The SMILES string of the molecule is Nc1c(C(=O)NCCCOc2ccccc2C(F)(F)F)[nH]c(=O)[nH]c1=O. The smallest absolute Gasteiger partial charge is 0.419 e. The Morgan fingerprint density at radius 3 is 2.58 bits per heavy atom. The number of benzene rings is 1. The lowest BCUT2D eigenvalue weighted by Crippen LogP contribution is -2.34. The minimum Gasteiger partial charge on any atom is -0.493 e. The second-order valence-electron chi connectivity index (χ2n) is 5.15. The maximum absolute atomic E-state index is 12.8. The number of nitrogen functional groups attached to an aromatic ring is 1. The zero-order chi connectivity index (χ0) is 19.3. The van der Waals surface area contributed by atoms with Gasteiger partial charge in [0.25, 0.3) is 11.5 Å². The minimum atomic E-state index is -4.53. The molecule has 0 aliphatic rings. The van der Waals surface area contributed by atoms with Crippen LogP contribution in [0.25, 0.3) is 0 Å². The molecule has 0 saturated heterocycles. The number of hydrogen-bond donors (Lipinski definition) is 4. The van der Waals surface area contributed by atoms with Crippen LogP contribution in [0.15, 0.2) is 33.9 Å². The number of nitrogens with two attached hydrogens (primary N) is 1. The fourth-order valence-corrected chi connectivity index (χ4v) is 2.05. The van der Waals surface area contributed by atoms with E-state index in [1.165, 1.54) is 18.2 Å². The number of alkyl halides is 3. The molecule has 2 aromatic rings. The van der Waals surface area contributed by atoms with E-state index in [0.29, 0.717) is 0 Å². The predicted octanol–water partition coefficient (Wildman–Crippen LogP) is 0.863. The number of halogens is 3. The average molecular weight is 372 g/mol. The summed E-state index contributed by atoms with van der Waals surface area (Å²) in [5.74, 6) is -1.10. The molecule has 8 nitrogen and oxygen atoms in total. The van der Waals surface area contributed by atoms with E-state index in [1.54, 1.807) is 0 Å². The lowest BCUT2D eigenvalue weighted by molar-refractivity contribution is -0.138. The molecule has 0 unspecified atom stereocenters. The van der Waals surface area contributed by atoms with Crippen molar-refractivity contribution in [2.75, 3.05) is 18.9 Å². The van der Waals surface area contributed by atoms with Gasteiger partial charge in [0.1, 0.15) is 17.1 Å². The lowest BCUT2D eigenvalue weighted by Gasteiger charge is -2.13. The van der Waals surface area contributed by atoms with Crippen LogP contribution in [0.3, 0.4) is 0 Å². The molecule has 0 atom stereocenters. The third-order valence-electron chi connectivity index (χ3n) is 3.26. The van der Waals surface area contributed by atoms with Crippen LogP contribution in [-0.2, 0) is 6.18 Å². The zero-order valence-electron chi connectivity index (χ0n) is 13.3. The fraction of sp³-hybridized carbons (Fsp3) is 0.267. The Bertz CT molecular complexity index is 905. The highest BCUT2D eigenvalue weighted by Gasteiger charge is 2.33.